The van der Waals surface area contributed by atoms with Crippen LogP contribution in [-0.4, -0.2) is 26.8 Å². The van der Waals surface area contributed by atoms with E-state index >= 15 is 0 Å². The molecule has 0 spiro atoms. The van der Waals surface area contributed by atoms with Gasteiger partial charge in [-0.2, -0.15) is 4.80 Å². The number of nitrogens with zero attached hydrogens (tertiary/aromatic N) is 4. The minimum absolute atomic E-state index is 0.148. The molecule has 4 bridgehead atoms. The first kappa shape index (κ1) is 11.8. The lowest BCUT2D eigenvalue weighted by molar-refractivity contribution is -0.00957. The van der Waals surface area contributed by atoms with E-state index in [-0.39, 0.29) is 11.5 Å². The Morgan fingerprint density at radius 3 is 2.32 bits per heavy atom. The van der Waals surface area contributed by atoms with Crippen molar-refractivity contribution in [1.29, 1.82) is 0 Å². The minimum atomic E-state index is 0.148. The fourth-order valence-corrected chi connectivity index (χ4v) is 5.10. The first-order valence-corrected chi connectivity index (χ1v) is 7.68. The zero-order chi connectivity index (χ0) is 13.0. The van der Waals surface area contributed by atoms with E-state index in [1.165, 1.54) is 38.5 Å². The number of aromatic nitrogens is 4. The van der Waals surface area contributed by atoms with Crippen molar-refractivity contribution >= 4 is 0 Å². The van der Waals surface area contributed by atoms with Crippen LogP contribution in [0, 0.1) is 17.8 Å². The van der Waals surface area contributed by atoms with Crippen molar-refractivity contribution in [2.75, 3.05) is 6.54 Å². The number of tetrazole rings is 1. The van der Waals surface area contributed by atoms with Gasteiger partial charge in [0.2, 0.25) is 0 Å². The van der Waals surface area contributed by atoms with Gasteiger partial charge in [0.1, 0.15) is 0 Å². The zero-order valence-electron chi connectivity index (χ0n) is 11.6. The molecule has 5 heteroatoms. The largest absolute Gasteiger partial charge is 0.328 e. The van der Waals surface area contributed by atoms with Crippen LogP contribution in [0.5, 0.6) is 0 Å². The van der Waals surface area contributed by atoms with Crippen LogP contribution < -0.4 is 5.73 Å². The van der Waals surface area contributed by atoms with Crippen LogP contribution in [0.1, 0.15) is 57.3 Å². The molecule has 4 aliphatic carbocycles. The summed E-state index contributed by atoms with van der Waals surface area (Å²) in [5, 5.41) is 13.3. The van der Waals surface area contributed by atoms with Gasteiger partial charge in [0.05, 0.1) is 6.04 Å². The second-order valence-corrected chi connectivity index (χ2v) is 7.22. The molecule has 5 rings (SSSR count). The van der Waals surface area contributed by atoms with Crippen molar-refractivity contribution in [1.82, 2.24) is 20.2 Å². The van der Waals surface area contributed by atoms with Gasteiger partial charge in [0.25, 0.3) is 0 Å². The highest BCUT2D eigenvalue weighted by Crippen LogP contribution is 2.59. The van der Waals surface area contributed by atoms with Crippen molar-refractivity contribution in [3.05, 3.63) is 5.82 Å². The molecule has 0 saturated heterocycles. The zero-order valence-corrected chi connectivity index (χ0v) is 11.6. The summed E-state index contributed by atoms with van der Waals surface area (Å²) in [6.07, 6.45) is 8.23. The molecule has 1 aromatic heterocycles. The molecule has 1 heterocycles. The van der Waals surface area contributed by atoms with Crippen LogP contribution in [0.25, 0.3) is 0 Å². The molecule has 4 saturated carbocycles. The number of nitrogens with two attached hydrogens (primary N) is 1. The molecule has 19 heavy (non-hydrogen) atoms. The van der Waals surface area contributed by atoms with Crippen molar-refractivity contribution in [2.45, 2.75) is 56.9 Å². The van der Waals surface area contributed by atoms with E-state index in [0.29, 0.717) is 6.54 Å². The molecular weight excluding hydrogens is 238 g/mol. The summed E-state index contributed by atoms with van der Waals surface area (Å²) in [6, 6.07) is 0.148. The first-order chi connectivity index (χ1) is 9.18. The molecule has 0 radical (unpaired) electrons. The van der Waals surface area contributed by atoms with Crippen LogP contribution in [0.3, 0.4) is 0 Å². The third kappa shape index (κ3) is 1.74. The number of hydrogen-bond donors (Lipinski definition) is 1. The Labute approximate surface area is 113 Å². The van der Waals surface area contributed by atoms with Crippen LogP contribution >= 0.6 is 0 Å². The third-order valence-electron chi connectivity index (χ3n) is 5.68. The van der Waals surface area contributed by atoms with Gasteiger partial charge >= 0.3 is 0 Å². The Hall–Kier alpha value is -0.970. The summed E-state index contributed by atoms with van der Waals surface area (Å²) in [6.45, 7) is 2.61. The quantitative estimate of drug-likeness (QED) is 0.898. The van der Waals surface area contributed by atoms with Crippen LogP contribution in [0.15, 0.2) is 0 Å². The maximum atomic E-state index is 5.69. The molecule has 2 N–H and O–H groups in total. The van der Waals surface area contributed by atoms with E-state index in [2.05, 4.69) is 15.4 Å². The Bertz CT molecular complexity index is 445. The maximum absolute atomic E-state index is 5.69. The fraction of sp³-hybridized carbons (Fsp3) is 0.929. The SMILES string of the molecule is CC(CN)n1nnc(C23CC4CC(CC(C4)C2)C3)n1. The Balaban J connectivity index is 1.66. The standard InChI is InChI=1S/C14H23N5/c1-9(8-15)19-17-13(16-18-19)14-5-10-2-11(6-14)4-12(3-10)7-14/h9-12H,2-8,15H2,1H3. The average Bonchev–Trinajstić information content (AvgIpc) is 2.86. The van der Waals surface area contributed by atoms with Crippen molar-refractivity contribution in [3.8, 4) is 0 Å². The monoisotopic (exact) mass is 261 g/mol. The molecular formula is C14H23N5. The lowest BCUT2D eigenvalue weighted by Crippen LogP contribution is -2.49. The molecule has 1 atom stereocenters. The molecule has 1 unspecified atom stereocenters. The highest BCUT2D eigenvalue weighted by molar-refractivity contribution is 5.15. The van der Waals surface area contributed by atoms with Crippen molar-refractivity contribution < 1.29 is 0 Å². The third-order valence-corrected chi connectivity index (χ3v) is 5.68. The Kier molecular flexibility index (Phi) is 2.50. The van der Waals surface area contributed by atoms with Gasteiger partial charge in [0, 0.05) is 12.0 Å². The smallest absolute Gasteiger partial charge is 0.180 e. The molecule has 104 valence electrons. The Morgan fingerprint density at radius 2 is 1.79 bits per heavy atom. The number of hydrogen-bond acceptors (Lipinski definition) is 4. The summed E-state index contributed by atoms with van der Waals surface area (Å²) < 4.78 is 0. The molecule has 5 nitrogen and oxygen atoms in total. The van der Waals surface area contributed by atoms with Gasteiger partial charge in [-0.05, 0) is 68.4 Å². The summed E-state index contributed by atoms with van der Waals surface area (Å²) in [7, 11) is 0. The van der Waals surface area contributed by atoms with E-state index in [4.69, 9.17) is 5.73 Å². The molecule has 0 aromatic carbocycles. The lowest BCUT2D eigenvalue weighted by Gasteiger charge is -2.55. The predicted octanol–water partition coefficient (Wildman–Crippen LogP) is 1.66. The van der Waals surface area contributed by atoms with Gasteiger partial charge in [0.15, 0.2) is 5.82 Å². The van der Waals surface area contributed by atoms with E-state index in [1.807, 2.05) is 6.92 Å². The molecule has 4 fully saturated rings. The van der Waals surface area contributed by atoms with E-state index in [1.54, 1.807) is 4.80 Å². The molecule has 1 aromatic rings. The summed E-state index contributed by atoms with van der Waals surface area (Å²) in [4.78, 5) is 1.72. The first-order valence-electron chi connectivity index (χ1n) is 7.68. The topological polar surface area (TPSA) is 69.6 Å². The molecule has 0 aliphatic heterocycles. The van der Waals surface area contributed by atoms with Crippen molar-refractivity contribution in [2.24, 2.45) is 23.5 Å². The fourth-order valence-electron chi connectivity index (χ4n) is 5.10. The van der Waals surface area contributed by atoms with Crippen LogP contribution in [-0.2, 0) is 5.41 Å². The normalized spacial score (nSPS) is 41.7. The second kappa shape index (κ2) is 4.01. The van der Waals surface area contributed by atoms with Crippen molar-refractivity contribution in [3.63, 3.8) is 0 Å². The van der Waals surface area contributed by atoms with Gasteiger partial charge in [-0.1, -0.05) is 0 Å². The van der Waals surface area contributed by atoms with E-state index in [9.17, 15) is 0 Å². The van der Waals surface area contributed by atoms with E-state index < -0.39 is 0 Å². The van der Waals surface area contributed by atoms with Crippen LogP contribution in [0.4, 0.5) is 0 Å². The van der Waals surface area contributed by atoms with E-state index in [0.717, 1.165) is 23.6 Å². The molecule has 0 amide bonds. The summed E-state index contributed by atoms with van der Waals surface area (Å²) >= 11 is 0. The van der Waals surface area contributed by atoms with Gasteiger partial charge < -0.3 is 5.73 Å². The lowest BCUT2D eigenvalue weighted by atomic mass is 9.49. The highest BCUT2D eigenvalue weighted by Gasteiger charge is 2.53. The number of rotatable bonds is 3. The Morgan fingerprint density at radius 1 is 1.21 bits per heavy atom. The minimum Gasteiger partial charge on any atom is -0.328 e. The second-order valence-electron chi connectivity index (χ2n) is 7.22. The average molecular weight is 261 g/mol. The van der Waals surface area contributed by atoms with Gasteiger partial charge in [-0.25, -0.2) is 0 Å². The summed E-state index contributed by atoms with van der Waals surface area (Å²) in [5.41, 5.74) is 5.94. The maximum Gasteiger partial charge on any atom is 0.180 e. The summed E-state index contributed by atoms with van der Waals surface area (Å²) in [5.74, 6) is 3.77. The highest BCUT2D eigenvalue weighted by atomic mass is 15.6. The van der Waals surface area contributed by atoms with Gasteiger partial charge in [-0.15, -0.1) is 10.2 Å². The van der Waals surface area contributed by atoms with Gasteiger partial charge in [-0.3, -0.25) is 0 Å². The van der Waals surface area contributed by atoms with Crippen LogP contribution in [0.2, 0.25) is 0 Å². The molecule has 4 aliphatic rings. The predicted molar refractivity (Wildman–Crippen MR) is 71.4 cm³/mol.